The number of benzene rings is 2. The molecule has 8 nitrogen and oxygen atoms in total. The van der Waals surface area contributed by atoms with Crippen LogP contribution in [0.3, 0.4) is 0 Å². The number of carbonyl (C=O) groups is 1. The number of piperazine rings is 1. The molecule has 0 N–H and O–H groups in total. The van der Waals surface area contributed by atoms with Crippen molar-refractivity contribution < 1.29 is 22.7 Å². The van der Waals surface area contributed by atoms with Crippen molar-refractivity contribution in [3.8, 4) is 11.5 Å². The van der Waals surface area contributed by atoms with Crippen LogP contribution in [0.5, 0.6) is 11.5 Å². The molecular weight excluding hydrogens is 454 g/mol. The van der Waals surface area contributed by atoms with Crippen LogP contribution in [0.2, 0.25) is 0 Å². The van der Waals surface area contributed by atoms with E-state index in [1.165, 1.54) is 0 Å². The van der Waals surface area contributed by atoms with Crippen LogP contribution >= 0.6 is 0 Å². The molecule has 2 aromatic rings. The molecular formula is C25H33N3O5S. The molecule has 0 aromatic heterocycles. The summed E-state index contributed by atoms with van der Waals surface area (Å²) in [6, 6.07) is 14.2. The highest BCUT2D eigenvalue weighted by Gasteiger charge is 2.28. The Bertz CT molecular complexity index is 1070. The molecule has 0 unspecified atom stereocenters. The molecule has 9 heteroatoms. The zero-order valence-corrected chi connectivity index (χ0v) is 20.7. The number of para-hydroxylation sites is 2. The van der Waals surface area contributed by atoms with Crippen LogP contribution in [0.4, 0.5) is 5.69 Å². The van der Waals surface area contributed by atoms with Crippen molar-refractivity contribution in [2.45, 2.75) is 24.7 Å². The van der Waals surface area contributed by atoms with Gasteiger partial charge in [0.15, 0.2) is 6.61 Å². The molecule has 0 aliphatic carbocycles. The van der Waals surface area contributed by atoms with Crippen molar-refractivity contribution in [3.63, 3.8) is 0 Å². The lowest BCUT2D eigenvalue weighted by Crippen LogP contribution is -2.50. The van der Waals surface area contributed by atoms with Gasteiger partial charge >= 0.3 is 0 Å². The highest BCUT2D eigenvalue weighted by molar-refractivity contribution is 7.89. The average Bonchev–Trinajstić information content (AvgIpc) is 2.88. The van der Waals surface area contributed by atoms with E-state index in [9.17, 15) is 13.2 Å². The first-order valence-corrected chi connectivity index (χ1v) is 13.2. The van der Waals surface area contributed by atoms with Gasteiger partial charge in [-0.1, -0.05) is 19.1 Å². The summed E-state index contributed by atoms with van der Waals surface area (Å²) >= 11 is 0. The number of hydrogen-bond donors (Lipinski definition) is 0. The fourth-order valence-corrected chi connectivity index (χ4v) is 5.88. The van der Waals surface area contributed by atoms with Crippen molar-refractivity contribution in [2.24, 2.45) is 5.92 Å². The molecule has 34 heavy (non-hydrogen) atoms. The van der Waals surface area contributed by atoms with Gasteiger partial charge in [-0.3, -0.25) is 4.79 Å². The van der Waals surface area contributed by atoms with Crippen LogP contribution in [0, 0.1) is 5.92 Å². The topological polar surface area (TPSA) is 79.4 Å². The first-order valence-electron chi connectivity index (χ1n) is 11.8. The second-order valence-corrected chi connectivity index (χ2v) is 10.8. The third-order valence-corrected chi connectivity index (χ3v) is 8.54. The van der Waals surface area contributed by atoms with Crippen molar-refractivity contribution >= 4 is 21.6 Å². The third-order valence-electron chi connectivity index (χ3n) is 6.62. The molecule has 0 saturated carbocycles. The maximum atomic E-state index is 12.9. The molecule has 2 saturated heterocycles. The quantitative estimate of drug-likeness (QED) is 0.598. The number of rotatable bonds is 7. The zero-order valence-electron chi connectivity index (χ0n) is 19.9. The Morgan fingerprint density at radius 2 is 1.59 bits per heavy atom. The van der Waals surface area contributed by atoms with E-state index in [4.69, 9.17) is 9.47 Å². The lowest BCUT2D eigenvalue weighted by atomic mass is 10.0. The van der Waals surface area contributed by atoms with Gasteiger partial charge in [-0.25, -0.2) is 8.42 Å². The average molecular weight is 488 g/mol. The zero-order chi connectivity index (χ0) is 24.1. The van der Waals surface area contributed by atoms with E-state index in [0.717, 1.165) is 24.3 Å². The highest BCUT2D eigenvalue weighted by Crippen LogP contribution is 2.28. The number of hydrogen-bond acceptors (Lipinski definition) is 6. The van der Waals surface area contributed by atoms with Gasteiger partial charge in [-0.2, -0.15) is 4.31 Å². The predicted octanol–water partition coefficient (Wildman–Crippen LogP) is 2.84. The Hall–Kier alpha value is -2.78. The van der Waals surface area contributed by atoms with Crippen molar-refractivity contribution in [1.29, 1.82) is 0 Å². The van der Waals surface area contributed by atoms with Gasteiger partial charge in [0, 0.05) is 39.3 Å². The second-order valence-electron chi connectivity index (χ2n) is 8.89. The number of carbonyl (C=O) groups excluding carboxylic acids is 1. The van der Waals surface area contributed by atoms with E-state index in [0.29, 0.717) is 50.9 Å². The maximum Gasteiger partial charge on any atom is 0.260 e. The standard InChI is InChI=1S/C25H33N3O5S/c1-20-11-13-28(14-12-20)34(30,31)22-9-7-21(8-10-22)33-19-25(29)27-17-15-26(16-18-27)23-5-3-4-6-24(23)32-2/h3-10,20H,11-19H2,1-2H3. The van der Waals surface area contributed by atoms with Crippen LogP contribution in [0.15, 0.2) is 53.4 Å². The van der Waals surface area contributed by atoms with Crippen LogP contribution in [0.1, 0.15) is 19.8 Å². The lowest BCUT2D eigenvalue weighted by Gasteiger charge is -2.36. The SMILES string of the molecule is COc1ccccc1N1CCN(C(=O)COc2ccc(S(=O)(=O)N3CCC(C)CC3)cc2)CC1. The van der Waals surface area contributed by atoms with E-state index < -0.39 is 10.0 Å². The van der Waals surface area contributed by atoms with E-state index >= 15 is 0 Å². The highest BCUT2D eigenvalue weighted by atomic mass is 32.2. The molecule has 2 aliphatic heterocycles. The van der Waals surface area contributed by atoms with E-state index in [-0.39, 0.29) is 17.4 Å². The number of piperidine rings is 1. The van der Waals surface area contributed by atoms with E-state index in [1.54, 1.807) is 40.6 Å². The van der Waals surface area contributed by atoms with Gasteiger partial charge in [-0.05, 0) is 55.2 Å². The summed E-state index contributed by atoms with van der Waals surface area (Å²) in [7, 11) is -1.84. The summed E-state index contributed by atoms with van der Waals surface area (Å²) in [5, 5.41) is 0. The number of amides is 1. The normalized spacial score (nSPS) is 18.1. The lowest BCUT2D eigenvalue weighted by molar-refractivity contribution is -0.133. The van der Waals surface area contributed by atoms with Gasteiger partial charge in [-0.15, -0.1) is 0 Å². The fourth-order valence-electron chi connectivity index (χ4n) is 4.41. The first kappa shape index (κ1) is 24.3. The summed E-state index contributed by atoms with van der Waals surface area (Å²) < 4.78 is 38.4. The third kappa shape index (κ3) is 5.47. The predicted molar refractivity (Wildman–Crippen MR) is 131 cm³/mol. The second kappa shape index (κ2) is 10.7. The summed E-state index contributed by atoms with van der Waals surface area (Å²) in [5.41, 5.74) is 1.03. The minimum atomic E-state index is -3.49. The van der Waals surface area contributed by atoms with Gasteiger partial charge < -0.3 is 19.3 Å². The van der Waals surface area contributed by atoms with E-state index in [2.05, 4.69) is 11.8 Å². The molecule has 0 radical (unpaired) electrons. The molecule has 2 aliphatic rings. The largest absolute Gasteiger partial charge is 0.495 e. The Balaban J connectivity index is 1.27. The van der Waals surface area contributed by atoms with Gasteiger partial charge in [0.25, 0.3) is 5.91 Å². The number of ether oxygens (including phenoxy) is 2. The van der Waals surface area contributed by atoms with Crippen molar-refractivity contribution in [1.82, 2.24) is 9.21 Å². The first-order chi connectivity index (χ1) is 16.4. The number of nitrogens with zero attached hydrogens (tertiary/aromatic N) is 3. The van der Waals surface area contributed by atoms with Crippen LogP contribution in [-0.4, -0.2) is 76.5 Å². The molecule has 2 fully saturated rings. The molecule has 0 bridgehead atoms. The molecule has 2 heterocycles. The van der Waals surface area contributed by atoms with Crippen LogP contribution in [-0.2, 0) is 14.8 Å². The summed E-state index contributed by atoms with van der Waals surface area (Å²) in [5.74, 6) is 1.78. The van der Waals surface area contributed by atoms with Gasteiger partial charge in [0.2, 0.25) is 10.0 Å². The maximum absolute atomic E-state index is 12.9. The minimum Gasteiger partial charge on any atom is -0.495 e. The summed E-state index contributed by atoms with van der Waals surface area (Å²) in [6.45, 7) is 5.82. The molecule has 4 rings (SSSR count). The van der Waals surface area contributed by atoms with E-state index in [1.807, 2.05) is 24.3 Å². The monoisotopic (exact) mass is 487 g/mol. The van der Waals surface area contributed by atoms with Gasteiger partial charge in [0.1, 0.15) is 11.5 Å². The van der Waals surface area contributed by atoms with Gasteiger partial charge in [0.05, 0.1) is 17.7 Å². The Labute approximate surface area is 202 Å². The Morgan fingerprint density at radius 3 is 2.24 bits per heavy atom. The smallest absolute Gasteiger partial charge is 0.260 e. The summed E-state index contributed by atoms with van der Waals surface area (Å²) in [4.78, 5) is 16.9. The van der Waals surface area contributed by atoms with Crippen LogP contribution < -0.4 is 14.4 Å². The Kier molecular flexibility index (Phi) is 7.63. The Morgan fingerprint density at radius 1 is 0.941 bits per heavy atom. The number of sulfonamides is 1. The number of methoxy groups -OCH3 is 1. The summed E-state index contributed by atoms with van der Waals surface area (Å²) in [6.07, 6.45) is 1.77. The minimum absolute atomic E-state index is 0.0786. The molecule has 0 atom stereocenters. The molecule has 0 spiro atoms. The molecule has 184 valence electrons. The van der Waals surface area contributed by atoms with Crippen molar-refractivity contribution in [3.05, 3.63) is 48.5 Å². The fraction of sp³-hybridized carbons (Fsp3) is 0.480. The van der Waals surface area contributed by atoms with Crippen molar-refractivity contribution in [2.75, 3.05) is 57.9 Å². The van der Waals surface area contributed by atoms with Crippen LogP contribution in [0.25, 0.3) is 0 Å². The molecule has 2 aromatic carbocycles. The molecule has 1 amide bonds. The number of anilines is 1.